The van der Waals surface area contributed by atoms with Gasteiger partial charge in [0.05, 0.1) is 6.42 Å². The number of carbonyl (C=O) groups excluding carboxylic acids is 1. The van der Waals surface area contributed by atoms with E-state index in [9.17, 15) is 9.59 Å². The molecule has 0 aromatic rings. The topological polar surface area (TPSA) is 60.9 Å². The number of urea groups is 1. The maximum Gasteiger partial charge on any atom is 0.320 e. The van der Waals surface area contributed by atoms with Crippen molar-refractivity contribution in [3.63, 3.8) is 0 Å². The number of hydrogen-bond donors (Lipinski definition) is 1. The first-order chi connectivity index (χ1) is 9.75. The van der Waals surface area contributed by atoms with Gasteiger partial charge in [-0.1, -0.05) is 13.3 Å². The molecular weight excluding hydrogens is 268 g/mol. The van der Waals surface area contributed by atoms with E-state index in [1.54, 1.807) is 4.90 Å². The number of carboxylic acids is 1. The molecule has 1 aliphatic heterocycles. The van der Waals surface area contributed by atoms with Crippen molar-refractivity contribution in [1.29, 1.82) is 0 Å². The van der Waals surface area contributed by atoms with Crippen LogP contribution in [0.25, 0.3) is 0 Å². The van der Waals surface area contributed by atoms with Crippen molar-refractivity contribution in [3.8, 4) is 0 Å². The molecule has 0 spiro atoms. The van der Waals surface area contributed by atoms with Crippen molar-refractivity contribution >= 4 is 12.0 Å². The van der Waals surface area contributed by atoms with Gasteiger partial charge < -0.3 is 14.9 Å². The van der Waals surface area contributed by atoms with E-state index in [4.69, 9.17) is 5.11 Å². The minimum absolute atomic E-state index is 0.00552. The van der Waals surface area contributed by atoms with Crippen molar-refractivity contribution in [2.75, 3.05) is 19.6 Å². The zero-order valence-corrected chi connectivity index (χ0v) is 13.9. The van der Waals surface area contributed by atoms with Crippen molar-refractivity contribution in [3.05, 3.63) is 0 Å². The quantitative estimate of drug-likeness (QED) is 0.867. The number of carbonyl (C=O) groups is 2. The number of amides is 2. The van der Waals surface area contributed by atoms with Gasteiger partial charge in [0.15, 0.2) is 0 Å². The number of aliphatic carboxylic acids is 1. The van der Waals surface area contributed by atoms with Crippen molar-refractivity contribution in [2.24, 2.45) is 5.92 Å². The fourth-order valence-electron chi connectivity index (χ4n) is 2.86. The van der Waals surface area contributed by atoms with Crippen LogP contribution in [-0.4, -0.2) is 52.1 Å². The van der Waals surface area contributed by atoms with Gasteiger partial charge in [-0.2, -0.15) is 0 Å². The number of likely N-dealkylation sites (tertiary alicyclic amines) is 1. The summed E-state index contributed by atoms with van der Waals surface area (Å²) in [7, 11) is 0. The first kappa shape index (κ1) is 17.8. The Morgan fingerprint density at radius 2 is 1.90 bits per heavy atom. The highest BCUT2D eigenvalue weighted by atomic mass is 16.4. The van der Waals surface area contributed by atoms with Crippen LogP contribution in [0.15, 0.2) is 0 Å². The van der Waals surface area contributed by atoms with Crippen LogP contribution < -0.4 is 0 Å². The second-order valence-electron chi connectivity index (χ2n) is 6.94. The third-order valence-electron chi connectivity index (χ3n) is 4.29. The second-order valence-corrected chi connectivity index (χ2v) is 6.94. The van der Waals surface area contributed by atoms with E-state index in [2.05, 4.69) is 6.92 Å². The molecule has 5 nitrogen and oxygen atoms in total. The Hall–Kier alpha value is -1.26. The summed E-state index contributed by atoms with van der Waals surface area (Å²) in [6.07, 6.45) is 4.45. The van der Waals surface area contributed by atoms with E-state index < -0.39 is 5.97 Å². The molecule has 0 aromatic carbocycles. The molecule has 1 N–H and O–H groups in total. The van der Waals surface area contributed by atoms with Gasteiger partial charge in [-0.15, -0.1) is 0 Å². The molecule has 0 aliphatic carbocycles. The highest BCUT2D eigenvalue weighted by Gasteiger charge is 2.31. The summed E-state index contributed by atoms with van der Waals surface area (Å²) in [4.78, 5) is 27.2. The Labute approximate surface area is 128 Å². The minimum atomic E-state index is -0.862. The molecule has 1 fully saturated rings. The maximum atomic E-state index is 12.8. The first-order valence-corrected chi connectivity index (χ1v) is 8.04. The second kappa shape index (κ2) is 7.66. The summed E-state index contributed by atoms with van der Waals surface area (Å²) in [5.74, 6) is -0.149. The van der Waals surface area contributed by atoms with Gasteiger partial charge in [-0.25, -0.2) is 4.79 Å². The van der Waals surface area contributed by atoms with Gasteiger partial charge >= 0.3 is 12.0 Å². The summed E-state index contributed by atoms with van der Waals surface area (Å²) in [6.45, 7) is 9.92. The van der Waals surface area contributed by atoms with Crippen molar-refractivity contribution < 1.29 is 14.7 Å². The normalized spacial score (nSPS) is 20.0. The third kappa shape index (κ3) is 5.56. The minimum Gasteiger partial charge on any atom is -0.481 e. The first-order valence-electron chi connectivity index (χ1n) is 8.04. The van der Waals surface area contributed by atoms with Crippen LogP contribution in [0.1, 0.15) is 59.8 Å². The van der Waals surface area contributed by atoms with Crippen molar-refractivity contribution in [2.45, 2.75) is 65.3 Å². The average molecular weight is 298 g/mol. The summed E-state index contributed by atoms with van der Waals surface area (Å²) in [6, 6.07) is -0.0134. The van der Waals surface area contributed by atoms with Crippen LogP contribution in [0.2, 0.25) is 0 Å². The summed E-state index contributed by atoms with van der Waals surface area (Å²) >= 11 is 0. The fraction of sp³-hybridized carbons (Fsp3) is 0.875. The molecule has 1 rings (SSSR count). The third-order valence-corrected chi connectivity index (χ3v) is 4.29. The standard InChI is InChI=1S/C16H30N2O3/c1-5-13-7-6-10-17(11-8-13)15(21)18(16(2,3)4)12-9-14(19)20/h13H,5-12H2,1-4H3,(H,19,20). The smallest absolute Gasteiger partial charge is 0.320 e. The molecule has 1 unspecified atom stereocenters. The molecule has 1 atom stereocenters. The Balaban J connectivity index is 2.72. The molecule has 122 valence electrons. The van der Waals surface area contributed by atoms with Gasteiger partial charge in [0, 0.05) is 25.2 Å². The molecule has 1 aliphatic rings. The molecule has 1 saturated heterocycles. The molecule has 0 bridgehead atoms. The van der Waals surface area contributed by atoms with E-state index in [0.29, 0.717) is 5.92 Å². The molecule has 5 heteroatoms. The lowest BCUT2D eigenvalue weighted by molar-refractivity contribution is -0.137. The van der Waals surface area contributed by atoms with Gasteiger partial charge in [-0.3, -0.25) is 4.79 Å². The van der Waals surface area contributed by atoms with E-state index >= 15 is 0 Å². The zero-order chi connectivity index (χ0) is 16.0. The van der Waals surface area contributed by atoms with E-state index in [1.807, 2.05) is 25.7 Å². The van der Waals surface area contributed by atoms with Gasteiger partial charge in [0.1, 0.15) is 0 Å². The molecular formula is C16H30N2O3. The Morgan fingerprint density at radius 3 is 2.43 bits per heavy atom. The van der Waals surface area contributed by atoms with Crippen LogP contribution >= 0.6 is 0 Å². The Morgan fingerprint density at radius 1 is 1.24 bits per heavy atom. The summed E-state index contributed by atoms with van der Waals surface area (Å²) in [5, 5.41) is 8.88. The molecule has 2 amide bonds. The van der Waals surface area contributed by atoms with Crippen molar-refractivity contribution in [1.82, 2.24) is 9.80 Å². The predicted molar refractivity (Wildman–Crippen MR) is 83.3 cm³/mol. The van der Waals surface area contributed by atoms with Crippen LogP contribution in [0, 0.1) is 5.92 Å². The van der Waals surface area contributed by atoms with Crippen LogP contribution in [0.5, 0.6) is 0 Å². The van der Waals surface area contributed by atoms with Gasteiger partial charge in [-0.05, 0) is 46.0 Å². The Kier molecular flexibility index (Phi) is 6.49. The molecule has 21 heavy (non-hydrogen) atoms. The van der Waals surface area contributed by atoms with Gasteiger partial charge in [0.25, 0.3) is 0 Å². The van der Waals surface area contributed by atoms with E-state index in [0.717, 1.165) is 25.9 Å². The zero-order valence-electron chi connectivity index (χ0n) is 13.9. The largest absolute Gasteiger partial charge is 0.481 e. The number of rotatable bonds is 4. The lowest BCUT2D eigenvalue weighted by Gasteiger charge is -2.39. The lowest BCUT2D eigenvalue weighted by atomic mass is 9.98. The highest BCUT2D eigenvalue weighted by molar-refractivity contribution is 5.76. The maximum absolute atomic E-state index is 12.8. The molecule has 0 saturated carbocycles. The summed E-state index contributed by atoms with van der Waals surface area (Å²) in [5.41, 5.74) is -0.358. The summed E-state index contributed by atoms with van der Waals surface area (Å²) < 4.78 is 0. The fourth-order valence-corrected chi connectivity index (χ4v) is 2.86. The van der Waals surface area contributed by atoms with E-state index in [1.165, 1.54) is 12.8 Å². The Bertz CT molecular complexity index is 363. The average Bonchev–Trinajstić information content (AvgIpc) is 2.61. The van der Waals surface area contributed by atoms with Crippen LogP contribution in [0.4, 0.5) is 4.79 Å². The van der Waals surface area contributed by atoms with E-state index in [-0.39, 0.29) is 24.5 Å². The molecule has 1 heterocycles. The number of nitrogens with zero attached hydrogens (tertiary/aromatic N) is 2. The lowest BCUT2D eigenvalue weighted by Crippen LogP contribution is -2.52. The predicted octanol–water partition coefficient (Wildman–Crippen LogP) is 3.19. The van der Waals surface area contributed by atoms with Crippen LogP contribution in [-0.2, 0) is 4.79 Å². The number of hydrogen-bond acceptors (Lipinski definition) is 2. The monoisotopic (exact) mass is 298 g/mol. The molecule has 0 radical (unpaired) electrons. The number of carboxylic acid groups (broad SMARTS) is 1. The molecule has 0 aromatic heterocycles. The van der Waals surface area contributed by atoms with Gasteiger partial charge in [0.2, 0.25) is 0 Å². The highest BCUT2D eigenvalue weighted by Crippen LogP contribution is 2.23. The van der Waals surface area contributed by atoms with Crippen LogP contribution in [0.3, 0.4) is 0 Å². The SMILES string of the molecule is CCC1CCCN(C(=O)N(CCC(=O)O)C(C)(C)C)CC1.